The molecule has 0 radical (unpaired) electrons. The summed E-state index contributed by atoms with van der Waals surface area (Å²) in [6.45, 7) is 11.6. The molecule has 5 heteroatoms. The average molecular weight is 345 g/mol. The summed E-state index contributed by atoms with van der Waals surface area (Å²) in [5, 5.41) is 0. The summed E-state index contributed by atoms with van der Waals surface area (Å²) in [4.78, 5) is 7.72. The minimum absolute atomic E-state index is 0.344. The summed E-state index contributed by atoms with van der Waals surface area (Å²) in [6.07, 6.45) is 1.48. The van der Waals surface area contributed by atoms with Crippen molar-refractivity contribution in [1.29, 1.82) is 0 Å². The third-order valence-corrected chi connectivity index (χ3v) is 5.64. The van der Waals surface area contributed by atoms with Gasteiger partial charge in [-0.25, -0.2) is 0 Å². The van der Waals surface area contributed by atoms with Gasteiger partial charge in [0, 0.05) is 65.0 Å². The fourth-order valence-electron chi connectivity index (χ4n) is 4.22. The lowest BCUT2D eigenvalue weighted by molar-refractivity contribution is -0.0527. The molecule has 0 aliphatic carbocycles. The van der Waals surface area contributed by atoms with Crippen molar-refractivity contribution in [2.75, 3.05) is 65.6 Å². The first-order valence-electron chi connectivity index (χ1n) is 9.79. The molecule has 25 heavy (non-hydrogen) atoms. The summed E-state index contributed by atoms with van der Waals surface area (Å²) < 4.78 is 11.6. The lowest BCUT2D eigenvalue weighted by atomic mass is 10.1. The Hall–Kier alpha value is -0.980. The molecule has 1 aromatic rings. The molecule has 3 saturated heterocycles. The molecule has 3 fully saturated rings. The van der Waals surface area contributed by atoms with E-state index in [0.717, 1.165) is 71.6 Å². The van der Waals surface area contributed by atoms with Crippen molar-refractivity contribution in [3.63, 3.8) is 0 Å². The van der Waals surface area contributed by atoms with Crippen LogP contribution in [0.2, 0.25) is 0 Å². The third-order valence-electron chi connectivity index (χ3n) is 5.64. The standard InChI is InChI=1S/C20H31N3O2/c1-2-5-18(6-3-1)13-21-7-4-10-25-20(16-21)17-22-14-19(15-22)23-8-11-24-12-9-23/h1-3,5-6,19-20H,4,7-17H2. The van der Waals surface area contributed by atoms with Crippen LogP contribution in [0.4, 0.5) is 0 Å². The van der Waals surface area contributed by atoms with E-state index in [1.807, 2.05) is 0 Å². The summed E-state index contributed by atoms with van der Waals surface area (Å²) in [5.41, 5.74) is 1.40. The van der Waals surface area contributed by atoms with Crippen molar-refractivity contribution in [2.45, 2.75) is 25.1 Å². The molecule has 3 heterocycles. The van der Waals surface area contributed by atoms with Crippen LogP contribution < -0.4 is 0 Å². The molecule has 0 saturated carbocycles. The number of morpholine rings is 1. The van der Waals surface area contributed by atoms with Crippen molar-refractivity contribution < 1.29 is 9.47 Å². The summed E-state index contributed by atoms with van der Waals surface area (Å²) in [6, 6.07) is 11.5. The van der Waals surface area contributed by atoms with Crippen LogP contribution >= 0.6 is 0 Å². The van der Waals surface area contributed by atoms with Crippen molar-refractivity contribution in [2.24, 2.45) is 0 Å². The van der Waals surface area contributed by atoms with Gasteiger partial charge in [0.15, 0.2) is 0 Å². The van der Waals surface area contributed by atoms with Gasteiger partial charge in [-0.05, 0) is 12.0 Å². The van der Waals surface area contributed by atoms with Crippen molar-refractivity contribution in [1.82, 2.24) is 14.7 Å². The Balaban J connectivity index is 1.23. The Morgan fingerprint density at radius 3 is 2.48 bits per heavy atom. The zero-order valence-corrected chi connectivity index (χ0v) is 15.2. The van der Waals surface area contributed by atoms with Crippen LogP contribution in [-0.2, 0) is 16.0 Å². The summed E-state index contributed by atoms with van der Waals surface area (Å²) in [5.74, 6) is 0. The molecule has 1 atom stereocenters. The third kappa shape index (κ3) is 4.80. The smallest absolute Gasteiger partial charge is 0.0828 e. The van der Waals surface area contributed by atoms with Crippen LogP contribution in [0.3, 0.4) is 0 Å². The molecule has 0 N–H and O–H groups in total. The average Bonchev–Trinajstić information content (AvgIpc) is 2.84. The van der Waals surface area contributed by atoms with Crippen LogP contribution in [0.1, 0.15) is 12.0 Å². The number of hydrogen-bond acceptors (Lipinski definition) is 5. The molecule has 0 spiro atoms. The Morgan fingerprint density at radius 2 is 1.68 bits per heavy atom. The second-order valence-electron chi connectivity index (χ2n) is 7.59. The fraction of sp³-hybridized carbons (Fsp3) is 0.700. The van der Waals surface area contributed by atoms with Crippen LogP contribution in [0.5, 0.6) is 0 Å². The first kappa shape index (κ1) is 17.4. The van der Waals surface area contributed by atoms with E-state index in [2.05, 4.69) is 45.0 Å². The van der Waals surface area contributed by atoms with Crippen molar-refractivity contribution in [3.8, 4) is 0 Å². The zero-order chi connectivity index (χ0) is 16.9. The SMILES string of the molecule is c1ccc(CN2CCCOC(CN3CC(N4CCOCC4)C3)C2)cc1. The van der Waals surface area contributed by atoms with E-state index in [1.165, 1.54) is 18.7 Å². The molecule has 5 nitrogen and oxygen atoms in total. The zero-order valence-electron chi connectivity index (χ0n) is 15.2. The molecule has 4 rings (SSSR count). The first-order chi connectivity index (χ1) is 12.4. The number of ether oxygens (including phenoxy) is 2. The number of rotatable bonds is 5. The molecule has 0 bridgehead atoms. The molecule has 0 aromatic heterocycles. The van der Waals surface area contributed by atoms with Crippen molar-refractivity contribution in [3.05, 3.63) is 35.9 Å². The van der Waals surface area contributed by atoms with Gasteiger partial charge in [-0.1, -0.05) is 30.3 Å². The molecular weight excluding hydrogens is 314 g/mol. The van der Waals surface area contributed by atoms with E-state index in [-0.39, 0.29) is 0 Å². The molecule has 0 amide bonds. The molecule has 1 unspecified atom stereocenters. The number of likely N-dealkylation sites (tertiary alicyclic amines) is 1. The second-order valence-corrected chi connectivity index (χ2v) is 7.59. The molecular formula is C20H31N3O2. The number of hydrogen-bond donors (Lipinski definition) is 0. The predicted molar refractivity (Wildman–Crippen MR) is 98.7 cm³/mol. The molecule has 3 aliphatic rings. The van der Waals surface area contributed by atoms with Gasteiger partial charge in [-0.15, -0.1) is 0 Å². The second kappa shape index (κ2) is 8.60. The van der Waals surface area contributed by atoms with Gasteiger partial charge in [-0.3, -0.25) is 14.7 Å². The lowest BCUT2D eigenvalue weighted by Crippen LogP contribution is -2.62. The molecule has 3 aliphatic heterocycles. The first-order valence-corrected chi connectivity index (χ1v) is 9.79. The minimum atomic E-state index is 0.344. The van der Waals surface area contributed by atoms with Gasteiger partial charge in [0.2, 0.25) is 0 Å². The summed E-state index contributed by atoms with van der Waals surface area (Å²) in [7, 11) is 0. The Bertz CT molecular complexity index is 515. The monoisotopic (exact) mass is 345 g/mol. The Labute approximate surface area is 151 Å². The fourth-order valence-corrected chi connectivity index (χ4v) is 4.22. The highest BCUT2D eigenvalue weighted by molar-refractivity contribution is 5.14. The molecule has 1 aromatic carbocycles. The van der Waals surface area contributed by atoms with E-state index < -0.39 is 0 Å². The highest BCUT2D eigenvalue weighted by Gasteiger charge is 2.34. The van der Waals surface area contributed by atoms with Gasteiger partial charge >= 0.3 is 0 Å². The topological polar surface area (TPSA) is 28.2 Å². The lowest BCUT2D eigenvalue weighted by Gasteiger charge is -2.47. The van der Waals surface area contributed by atoms with E-state index >= 15 is 0 Å². The largest absolute Gasteiger partial charge is 0.379 e. The van der Waals surface area contributed by atoms with Crippen LogP contribution in [0.25, 0.3) is 0 Å². The summed E-state index contributed by atoms with van der Waals surface area (Å²) >= 11 is 0. The van der Waals surface area contributed by atoms with Gasteiger partial charge in [0.25, 0.3) is 0 Å². The number of nitrogens with zero attached hydrogens (tertiary/aromatic N) is 3. The van der Waals surface area contributed by atoms with Gasteiger partial charge in [0.1, 0.15) is 0 Å². The highest BCUT2D eigenvalue weighted by atomic mass is 16.5. The predicted octanol–water partition coefficient (Wildman–Crippen LogP) is 1.29. The van der Waals surface area contributed by atoms with Gasteiger partial charge in [0.05, 0.1) is 19.3 Å². The van der Waals surface area contributed by atoms with E-state index in [0.29, 0.717) is 6.10 Å². The molecule has 138 valence electrons. The van der Waals surface area contributed by atoms with Crippen molar-refractivity contribution >= 4 is 0 Å². The minimum Gasteiger partial charge on any atom is -0.379 e. The maximum absolute atomic E-state index is 6.14. The highest BCUT2D eigenvalue weighted by Crippen LogP contribution is 2.19. The van der Waals surface area contributed by atoms with Gasteiger partial charge in [-0.2, -0.15) is 0 Å². The van der Waals surface area contributed by atoms with Crippen LogP contribution in [-0.4, -0.2) is 92.5 Å². The normalized spacial score (nSPS) is 27.8. The van der Waals surface area contributed by atoms with Gasteiger partial charge < -0.3 is 9.47 Å². The maximum atomic E-state index is 6.14. The van der Waals surface area contributed by atoms with E-state index in [1.54, 1.807) is 0 Å². The quantitative estimate of drug-likeness (QED) is 0.802. The van der Waals surface area contributed by atoms with E-state index in [9.17, 15) is 0 Å². The Morgan fingerprint density at radius 1 is 0.880 bits per heavy atom. The maximum Gasteiger partial charge on any atom is 0.0828 e. The van der Waals surface area contributed by atoms with Crippen LogP contribution in [0, 0.1) is 0 Å². The van der Waals surface area contributed by atoms with Crippen LogP contribution in [0.15, 0.2) is 30.3 Å². The Kier molecular flexibility index (Phi) is 6.00. The number of benzene rings is 1. The van der Waals surface area contributed by atoms with E-state index in [4.69, 9.17) is 9.47 Å².